The predicted octanol–water partition coefficient (Wildman–Crippen LogP) is 1.35. The van der Waals surface area contributed by atoms with Crippen molar-refractivity contribution in [3.8, 4) is 0 Å². The molecule has 1 amide bonds. The van der Waals surface area contributed by atoms with Crippen molar-refractivity contribution in [1.29, 1.82) is 0 Å². The van der Waals surface area contributed by atoms with Gasteiger partial charge in [0.15, 0.2) is 5.79 Å². The normalized spacial score (nSPS) is 26.0. The number of carbonyl (C=O) groups excluding carboxylic acids is 1. The van der Waals surface area contributed by atoms with Crippen LogP contribution < -0.4 is 5.32 Å². The number of piperidine rings is 2. The number of amides is 1. The van der Waals surface area contributed by atoms with Crippen molar-refractivity contribution in [2.75, 3.05) is 59.0 Å². The van der Waals surface area contributed by atoms with Crippen molar-refractivity contribution in [1.82, 2.24) is 18.8 Å². The average molecular weight is 507 g/mol. The number of fused-ring (bicyclic) bond motifs is 1. The Morgan fingerprint density at radius 1 is 1.03 bits per heavy atom. The van der Waals surface area contributed by atoms with Crippen LogP contribution in [0.4, 0.5) is 0 Å². The molecule has 1 aromatic carbocycles. The summed E-state index contributed by atoms with van der Waals surface area (Å²) in [6, 6.07) is 8.60. The molecule has 0 saturated carbocycles. The first-order chi connectivity index (χ1) is 17.0. The zero-order chi connectivity index (χ0) is 24.3. The highest BCUT2D eigenvalue weighted by atomic mass is 32.2. The van der Waals surface area contributed by atoms with Gasteiger partial charge in [0, 0.05) is 65.2 Å². The van der Waals surface area contributed by atoms with Crippen LogP contribution >= 0.6 is 0 Å². The summed E-state index contributed by atoms with van der Waals surface area (Å²) < 4.78 is 41.0. The van der Waals surface area contributed by atoms with Crippen LogP contribution in [0.2, 0.25) is 0 Å². The van der Waals surface area contributed by atoms with E-state index in [1.165, 1.54) is 19.7 Å². The van der Waals surface area contributed by atoms with E-state index >= 15 is 0 Å². The molecular weight excluding hydrogens is 468 g/mol. The quantitative estimate of drug-likeness (QED) is 0.562. The summed E-state index contributed by atoms with van der Waals surface area (Å²) in [7, 11) is -3.59. The fraction of sp³-hybridized carbons (Fsp3) is 0.720. The maximum absolute atomic E-state index is 13.3. The molecule has 1 atom stereocenters. The third kappa shape index (κ3) is 5.73. The number of nitrogens with one attached hydrogen (secondary N) is 1. The molecule has 0 aliphatic carbocycles. The van der Waals surface area contributed by atoms with Crippen molar-refractivity contribution >= 4 is 16.1 Å². The summed E-state index contributed by atoms with van der Waals surface area (Å²) in [5, 5.41) is 3.06. The Kier molecular flexibility index (Phi) is 7.76. The zero-order valence-corrected chi connectivity index (χ0v) is 21.3. The molecule has 1 unspecified atom stereocenters. The lowest BCUT2D eigenvalue weighted by Gasteiger charge is -2.40. The SMILES string of the molecule is O=C(NCCCN1CCc2ccccc2C1)C1CCCN(S(=O)(=O)N2CCC3(CC2)OCCO3)C1. The number of ether oxygens (including phenoxy) is 2. The van der Waals surface area contributed by atoms with Crippen LogP contribution in [0, 0.1) is 5.92 Å². The Balaban J connectivity index is 1.05. The second-order valence-electron chi connectivity index (χ2n) is 10.2. The summed E-state index contributed by atoms with van der Waals surface area (Å²) in [5.41, 5.74) is 2.84. The molecule has 0 aromatic heterocycles. The Hall–Kier alpha value is -1.56. The summed E-state index contributed by atoms with van der Waals surface area (Å²) in [6.45, 7) is 6.23. The highest BCUT2D eigenvalue weighted by Crippen LogP contribution is 2.33. The molecule has 1 aromatic rings. The lowest BCUT2D eigenvalue weighted by atomic mass is 9.99. The topological polar surface area (TPSA) is 91.4 Å². The van der Waals surface area contributed by atoms with Gasteiger partial charge in [0.2, 0.25) is 5.91 Å². The van der Waals surface area contributed by atoms with Gasteiger partial charge in [-0.1, -0.05) is 24.3 Å². The third-order valence-electron chi connectivity index (χ3n) is 7.87. The maximum atomic E-state index is 13.3. The number of nitrogens with zero attached hydrogens (tertiary/aromatic N) is 3. The van der Waals surface area contributed by atoms with Crippen molar-refractivity contribution in [3.05, 3.63) is 35.4 Å². The van der Waals surface area contributed by atoms with Crippen LogP contribution in [0.5, 0.6) is 0 Å². The second-order valence-corrected chi connectivity index (χ2v) is 12.1. The number of carbonyl (C=O) groups is 1. The first kappa shape index (κ1) is 25.1. The lowest BCUT2D eigenvalue weighted by Crippen LogP contribution is -2.54. The fourth-order valence-electron chi connectivity index (χ4n) is 5.78. The van der Waals surface area contributed by atoms with Gasteiger partial charge >= 0.3 is 0 Å². The van der Waals surface area contributed by atoms with Gasteiger partial charge in [-0.2, -0.15) is 17.0 Å². The predicted molar refractivity (Wildman–Crippen MR) is 132 cm³/mol. The van der Waals surface area contributed by atoms with Crippen LogP contribution in [-0.2, 0) is 37.4 Å². The number of benzene rings is 1. The average Bonchev–Trinajstić information content (AvgIpc) is 3.34. The van der Waals surface area contributed by atoms with Gasteiger partial charge in [-0.25, -0.2) is 0 Å². The monoisotopic (exact) mass is 506 g/mol. The summed E-state index contributed by atoms with van der Waals surface area (Å²) in [4.78, 5) is 15.3. The number of hydrogen-bond donors (Lipinski definition) is 1. The van der Waals surface area contributed by atoms with Crippen LogP contribution in [0.1, 0.15) is 43.2 Å². The Morgan fingerprint density at radius 2 is 1.77 bits per heavy atom. The first-order valence-corrected chi connectivity index (χ1v) is 14.4. The van der Waals surface area contributed by atoms with Crippen molar-refractivity contribution < 1.29 is 22.7 Å². The third-order valence-corrected chi connectivity index (χ3v) is 9.87. The maximum Gasteiger partial charge on any atom is 0.282 e. The molecule has 9 nitrogen and oxygen atoms in total. The highest BCUT2D eigenvalue weighted by Gasteiger charge is 2.44. The van der Waals surface area contributed by atoms with Gasteiger partial charge in [-0.3, -0.25) is 9.69 Å². The second kappa shape index (κ2) is 10.8. The van der Waals surface area contributed by atoms with E-state index in [2.05, 4.69) is 34.5 Å². The minimum Gasteiger partial charge on any atom is -0.356 e. The van der Waals surface area contributed by atoms with Gasteiger partial charge in [0.1, 0.15) is 0 Å². The number of hydrogen-bond acceptors (Lipinski definition) is 6. The van der Waals surface area contributed by atoms with E-state index in [4.69, 9.17) is 9.47 Å². The molecule has 35 heavy (non-hydrogen) atoms. The van der Waals surface area contributed by atoms with Crippen molar-refractivity contribution in [3.63, 3.8) is 0 Å². The highest BCUT2D eigenvalue weighted by molar-refractivity contribution is 7.86. The largest absolute Gasteiger partial charge is 0.356 e. The fourth-order valence-corrected chi connectivity index (χ4v) is 7.47. The Morgan fingerprint density at radius 3 is 2.54 bits per heavy atom. The van der Waals surface area contributed by atoms with Gasteiger partial charge in [0.25, 0.3) is 10.2 Å². The molecule has 0 radical (unpaired) electrons. The molecule has 0 bridgehead atoms. The molecule has 1 spiro atoms. The molecule has 3 fully saturated rings. The minimum atomic E-state index is -3.59. The summed E-state index contributed by atoms with van der Waals surface area (Å²) >= 11 is 0. The first-order valence-electron chi connectivity index (χ1n) is 13.1. The van der Waals surface area contributed by atoms with Crippen LogP contribution in [0.3, 0.4) is 0 Å². The zero-order valence-electron chi connectivity index (χ0n) is 20.5. The van der Waals surface area contributed by atoms with E-state index in [0.29, 0.717) is 58.7 Å². The van der Waals surface area contributed by atoms with E-state index in [1.807, 2.05) is 0 Å². The Bertz CT molecular complexity index is 987. The lowest BCUT2D eigenvalue weighted by molar-refractivity contribution is -0.179. The van der Waals surface area contributed by atoms with Crippen LogP contribution in [0.15, 0.2) is 24.3 Å². The standard InChI is InChI=1S/C25H38N4O5S/c30-24(26-11-4-12-27-14-8-21-5-1-2-6-22(21)19-27)23-7-3-13-29(20-23)35(31,32)28-15-9-25(10-16-28)33-17-18-34-25/h1-2,5-6,23H,3-4,7-20H2,(H,26,30). The molecule has 10 heteroatoms. The molecule has 3 saturated heterocycles. The number of rotatable bonds is 7. The van der Waals surface area contributed by atoms with Crippen LogP contribution in [-0.4, -0.2) is 92.6 Å². The Labute approximate surface area is 208 Å². The van der Waals surface area contributed by atoms with Gasteiger partial charge < -0.3 is 14.8 Å². The van der Waals surface area contributed by atoms with E-state index in [-0.39, 0.29) is 18.4 Å². The molecule has 5 rings (SSSR count). The molecule has 4 aliphatic rings. The van der Waals surface area contributed by atoms with E-state index < -0.39 is 16.0 Å². The molecule has 4 heterocycles. The molecule has 4 aliphatic heterocycles. The molecule has 1 N–H and O–H groups in total. The van der Waals surface area contributed by atoms with E-state index in [9.17, 15) is 13.2 Å². The molecular formula is C25H38N4O5S. The van der Waals surface area contributed by atoms with E-state index in [1.54, 1.807) is 0 Å². The summed E-state index contributed by atoms with van der Waals surface area (Å²) in [5.74, 6) is -0.925. The minimum absolute atomic E-state index is 0.0285. The van der Waals surface area contributed by atoms with Gasteiger partial charge in [0.05, 0.1) is 19.1 Å². The van der Waals surface area contributed by atoms with Crippen molar-refractivity contribution in [2.24, 2.45) is 5.92 Å². The van der Waals surface area contributed by atoms with E-state index in [0.717, 1.165) is 38.9 Å². The van der Waals surface area contributed by atoms with Crippen LogP contribution in [0.25, 0.3) is 0 Å². The van der Waals surface area contributed by atoms with Crippen molar-refractivity contribution in [2.45, 2.75) is 50.9 Å². The van der Waals surface area contributed by atoms with Gasteiger partial charge in [-0.15, -0.1) is 0 Å². The smallest absolute Gasteiger partial charge is 0.282 e. The summed E-state index contributed by atoms with van der Waals surface area (Å²) in [6.07, 6.45) is 4.49. The molecule has 194 valence electrons. The van der Waals surface area contributed by atoms with Gasteiger partial charge in [-0.05, 0) is 36.8 Å².